The maximum Gasteiger partial charge on any atom is 0.261 e. The lowest BCUT2D eigenvalue weighted by Crippen LogP contribution is -2.16. The third-order valence-electron chi connectivity index (χ3n) is 2.54. The first kappa shape index (κ1) is 14.1. The van der Waals surface area contributed by atoms with Gasteiger partial charge in [-0.2, -0.15) is 0 Å². The van der Waals surface area contributed by atoms with Crippen LogP contribution in [0.1, 0.15) is 10.4 Å². The molecule has 20 heavy (non-hydrogen) atoms. The van der Waals surface area contributed by atoms with E-state index in [0.717, 1.165) is 24.3 Å². The number of phenolic OH excluding ortho intramolecular Hbond substituents is 2. The van der Waals surface area contributed by atoms with Crippen LogP contribution in [0, 0.1) is 11.6 Å². The highest BCUT2D eigenvalue weighted by molar-refractivity contribution is 6.32. The lowest BCUT2D eigenvalue weighted by Gasteiger charge is -2.11. The van der Waals surface area contributed by atoms with E-state index in [0.29, 0.717) is 0 Å². The molecule has 2 rings (SSSR count). The van der Waals surface area contributed by atoms with Gasteiger partial charge in [0.15, 0.2) is 5.75 Å². The molecule has 7 heteroatoms. The van der Waals surface area contributed by atoms with Gasteiger partial charge in [0.05, 0.1) is 5.02 Å². The second-order valence-corrected chi connectivity index (χ2v) is 4.25. The fourth-order valence-electron chi connectivity index (χ4n) is 1.57. The second-order valence-electron chi connectivity index (χ2n) is 3.84. The Labute approximate surface area is 117 Å². The van der Waals surface area contributed by atoms with Crippen molar-refractivity contribution in [2.75, 3.05) is 5.32 Å². The van der Waals surface area contributed by atoms with Crippen LogP contribution in [-0.4, -0.2) is 16.1 Å². The van der Waals surface area contributed by atoms with Crippen molar-refractivity contribution in [1.82, 2.24) is 0 Å². The number of phenols is 2. The Morgan fingerprint density at radius 3 is 2.30 bits per heavy atom. The summed E-state index contributed by atoms with van der Waals surface area (Å²) in [5.74, 6) is -4.38. The lowest BCUT2D eigenvalue weighted by molar-refractivity contribution is 0.101. The molecule has 0 aromatic heterocycles. The normalized spacial score (nSPS) is 10.3. The van der Waals surface area contributed by atoms with E-state index in [1.165, 1.54) is 6.07 Å². The van der Waals surface area contributed by atoms with Gasteiger partial charge in [-0.25, -0.2) is 8.78 Å². The molecule has 0 saturated heterocycles. The number of anilines is 1. The van der Waals surface area contributed by atoms with Gasteiger partial charge < -0.3 is 15.5 Å². The molecule has 2 aromatic carbocycles. The first-order chi connectivity index (χ1) is 9.41. The Balaban J connectivity index is 2.41. The molecule has 0 saturated carbocycles. The summed E-state index contributed by atoms with van der Waals surface area (Å²) in [7, 11) is 0. The number of hydrogen-bond donors (Lipinski definition) is 3. The van der Waals surface area contributed by atoms with Gasteiger partial charge in [-0.05, 0) is 24.3 Å². The van der Waals surface area contributed by atoms with Gasteiger partial charge in [-0.3, -0.25) is 4.79 Å². The van der Waals surface area contributed by atoms with Gasteiger partial charge in [0.1, 0.15) is 28.6 Å². The number of nitrogens with one attached hydrogen (secondary N) is 1. The fraction of sp³-hybridized carbons (Fsp3) is 0. The van der Waals surface area contributed by atoms with Gasteiger partial charge in [0.25, 0.3) is 5.91 Å². The molecule has 104 valence electrons. The summed E-state index contributed by atoms with van der Waals surface area (Å²) in [6.07, 6.45) is 0. The Morgan fingerprint density at radius 1 is 1.10 bits per heavy atom. The zero-order chi connectivity index (χ0) is 14.9. The lowest BCUT2D eigenvalue weighted by atomic mass is 10.1. The van der Waals surface area contributed by atoms with E-state index in [1.54, 1.807) is 0 Å². The number of carbonyl (C=O) groups is 1. The molecule has 4 nitrogen and oxygen atoms in total. The third kappa shape index (κ3) is 2.50. The Morgan fingerprint density at radius 2 is 1.70 bits per heavy atom. The number of benzene rings is 2. The van der Waals surface area contributed by atoms with Crippen LogP contribution < -0.4 is 5.32 Å². The molecule has 2 aromatic rings. The minimum atomic E-state index is -1.16. The minimum absolute atomic E-state index is 0.132. The fourth-order valence-corrected chi connectivity index (χ4v) is 1.73. The molecule has 0 heterocycles. The van der Waals surface area contributed by atoms with E-state index in [-0.39, 0.29) is 5.02 Å². The average Bonchev–Trinajstić information content (AvgIpc) is 2.39. The maximum absolute atomic E-state index is 13.4. The Hall–Kier alpha value is -2.34. The number of carbonyl (C=O) groups excluding carboxylic acids is 1. The topological polar surface area (TPSA) is 69.6 Å². The molecule has 3 N–H and O–H groups in total. The van der Waals surface area contributed by atoms with Crippen LogP contribution in [0.3, 0.4) is 0 Å². The molecular formula is C13H8ClF2NO3. The van der Waals surface area contributed by atoms with E-state index < -0.39 is 40.3 Å². The SMILES string of the molecule is O=C(Nc1c(O)ccc(Cl)c1O)c1c(F)cccc1F. The summed E-state index contributed by atoms with van der Waals surface area (Å²) in [5, 5.41) is 21.0. The first-order valence-corrected chi connectivity index (χ1v) is 5.75. The quantitative estimate of drug-likeness (QED) is 0.745. The molecule has 0 radical (unpaired) electrons. The number of rotatable bonds is 2. The maximum atomic E-state index is 13.4. The monoisotopic (exact) mass is 299 g/mol. The van der Waals surface area contributed by atoms with E-state index in [4.69, 9.17) is 11.6 Å². The molecule has 0 aliphatic rings. The Bertz CT molecular complexity index is 671. The molecule has 1 amide bonds. The van der Waals surface area contributed by atoms with Crippen molar-refractivity contribution < 1.29 is 23.8 Å². The van der Waals surface area contributed by atoms with Crippen molar-refractivity contribution in [3.63, 3.8) is 0 Å². The van der Waals surface area contributed by atoms with Gasteiger partial charge in [-0.1, -0.05) is 17.7 Å². The number of aromatic hydroxyl groups is 2. The predicted octanol–water partition coefficient (Wildman–Crippen LogP) is 3.28. The van der Waals surface area contributed by atoms with Crippen LogP contribution in [0.4, 0.5) is 14.5 Å². The van der Waals surface area contributed by atoms with E-state index in [2.05, 4.69) is 0 Å². The summed E-state index contributed by atoms with van der Waals surface area (Å²) in [6, 6.07) is 5.25. The molecular weight excluding hydrogens is 292 g/mol. The minimum Gasteiger partial charge on any atom is -0.506 e. The van der Waals surface area contributed by atoms with Crippen molar-refractivity contribution in [3.8, 4) is 11.5 Å². The van der Waals surface area contributed by atoms with Crippen LogP contribution in [-0.2, 0) is 0 Å². The second kappa shape index (κ2) is 5.34. The van der Waals surface area contributed by atoms with Crippen molar-refractivity contribution in [3.05, 3.63) is 52.6 Å². The third-order valence-corrected chi connectivity index (χ3v) is 2.84. The highest BCUT2D eigenvalue weighted by atomic mass is 35.5. The van der Waals surface area contributed by atoms with Crippen LogP contribution in [0.25, 0.3) is 0 Å². The van der Waals surface area contributed by atoms with Gasteiger partial charge in [0, 0.05) is 0 Å². The number of halogens is 3. The highest BCUT2D eigenvalue weighted by Gasteiger charge is 2.20. The molecule has 0 unspecified atom stereocenters. The zero-order valence-electron chi connectivity index (χ0n) is 9.82. The molecule has 0 atom stereocenters. The summed E-state index contributed by atoms with van der Waals surface area (Å²) in [5.41, 5.74) is -1.25. The Kier molecular flexibility index (Phi) is 3.76. The zero-order valence-corrected chi connectivity index (χ0v) is 10.6. The van der Waals surface area contributed by atoms with E-state index >= 15 is 0 Å². The molecule has 0 fully saturated rings. The van der Waals surface area contributed by atoms with Crippen molar-refractivity contribution >= 4 is 23.2 Å². The molecule has 0 spiro atoms. The summed E-state index contributed by atoms with van der Waals surface area (Å²) < 4.78 is 26.9. The molecule has 0 aliphatic heterocycles. The van der Waals surface area contributed by atoms with E-state index in [9.17, 15) is 23.8 Å². The smallest absolute Gasteiger partial charge is 0.261 e. The van der Waals surface area contributed by atoms with Crippen molar-refractivity contribution in [1.29, 1.82) is 0 Å². The van der Waals surface area contributed by atoms with Crippen molar-refractivity contribution in [2.45, 2.75) is 0 Å². The van der Waals surface area contributed by atoms with Gasteiger partial charge in [-0.15, -0.1) is 0 Å². The van der Waals surface area contributed by atoms with Crippen LogP contribution in [0.15, 0.2) is 30.3 Å². The molecule has 0 aliphatic carbocycles. The number of hydrogen-bond acceptors (Lipinski definition) is 3. The predicted molar refractivity (Wildman–Crippen MR) is 69.1 cm³/mol. The average molecular weight is 300 g/mol. The first-order valence-electron chi connectivity index (χ1n) is 5.37. The summed E-state index contributed by atoms with van der Waals surface area (Å²) in [4.78, 5) is 11.8. The standard InChI is InChI=1S/C13H8ClF2NO3/c14-6-4-5-9(18)11(12(6)19)17-13(20)10-7(15)2-1-3-8(10)16/h1-5,18-19H,(H,17,20). The van der Waals surface area contributed by atoms with Gasteiger partial charge in [0.2, 0.25) is 0 Å². The summed E-state index contributed by atoms with van der Waals surface area (Å²) >= 11 is 5.62. The van der Waals surface area contributed by atoms with Crippen LogP contribution in [0.2, 0.25) is 5.02 Å². The van der Waals surface area contributed by atoms with Gasteiger partial charge >= 0.3 is 0 Å². The number of amides is 1. The van der Waals surface area contributed by atoms with Crippen molar-refractivity contribution in [2.24, 2.45) is 0 Å². The highest BCUT2D eigenvalue weighted by Crippen LogP contribution is 2.38. The van der Waals surface area contributed by atoms with E-state index in [1.807, 2.05) is 5.32 Å². The largest absolute Gasteiger partial charge is 0.506 e. The summed E-state index contributed by atoms with van der Waals surface area (Å²) in [6.45, 7) is 0. The molecule has 0 bridgehead atoms. The van der Waals surface area contributed by atoms with Crippen LogP contribution in [0.5, 0.6) is 11.5 Å². The van der Waals surface area contributed by atoms with Crippen LogP contribution >= 0.6 is 11.6 Å².